The molecule has 23 heavy (non-hydrogen) atoms. The van der Waals surface area contributed by atoms with Crippen LogP contribution >= 0.6 is 0 Å². The van der Waals surface area contributed by atoms with Crippen molar-refractivity contribution in [3.8, 4) is 0 Å². The summed E-state index contributed by atoms with van der Waals surface area (Å²) in [7, 11) is 0. The highest BCUT2D eigenvalue weighted by molar-refractivity contribution is 5.57. The van der Waals surface area contributed by atoms with Crippen LogP contribution in [0.3, 0.4) is 0 Å². The van der Waals surface area contributed by atoms with Crippen LogP contribution in [0.4, 0.5) is 5.69 Å². The van der Waals surface area contributed by atoms with Crippen molar-refractivity contribution >= 4 is 5.69 Å². The van der Waals surface area contributed by atoms with E-state index in [2.05, 4.69) is 95.4 Å². The molecule has 0 amide bonds. The number of fused-ring (bicyclic) bond motifs is 1. The van der Waals surface area contributed by atoms with Crippen molar-refractivity contribution in [1.29, 1.82) is 0 Å². The van der Waals surface area contributed by atoms with Crippen LogP contribution in [-0.4, -0.2) is 6.54 Å². The predicted octanol–water partition coefficient (Wildman–Crippen LogP) is 5.94. The Kier molecular flexibility index (Phi) is 5.19. The van der Waals surface area contributed by atoms with Crippen molar-refractivity contribution in [1.82, 2.24) is 0 Å². The second-order valence-corrected chi connectivity index (χ2v) is 8.41. The minimum atomic E-state index is 0.275. The molecule has 1 heteroatoms. The normalized spacial score (nSPS) is 13.7. The van der Waals surface area contributed by atoms with Gasteiger partial charge >= 0.3 is 0 Å². The summed E-state index contributed by atoms with van der Waals surface area (Å²) in [5, 5.41) is 3.38. The Morgan fingerprint density at radius 2 is 1.35 bits per heavy atom. The molecule has 1 N–H and O–H groups in total. The van der Waals surface area contributed by atoms with E-state index in [1.807, 2.05) is 0 Å². The largest absolute Gasteiger partial charge is 0.384 e. The first-order valence-corrected chi connectivity index (χ1v) is 8.61. The highest BCUT2D eigenvalue weighted by Crippen LogP contribution is 2.29. The molecule has 0 aliphatic carbocycles. The van der Waals surface area contributed by atoms with E-state index in [1.165, 1.54) is 28.8 Å². The Morgan fingerprint density at radius 1 is 0.739 bits per heavy atom. The fraction of sp³-hybridized carbons (Fsp3) is 0.455. The lowest BCUT2D eigenvalue weighted by Gasteiger charge is -2.19. The molecule has 0 fully saturated rings. The molecular formula is C22H31N. The van der Waals surface area contributed by atoms with Crippen LogP contribution in [0, 0.1) is 0 Å². The second kappa shape index (κ2) is 6.78. The number of benzene rings is 2. The molecule has 1 heterocycles. The molecule has 0 atom stereocenters. The second-order valence-electron chi connectivity index (χ2n) is 8.41. The Labute approximate surface area is 142 Å². The molecule has 0 unspecified atom stereocenters. The molecule has 1 nitrogen and oxygen atoms in total. The maximum Gasteiger partial charge on any atom is 0.0373 e. The molecule has 1 aliphatic heterocycles. The Hall–Kier alpha value is -1.76. The molecule has 0 saturated carbocycles. The molecule has 2 aromatic rings. The Morgan fingerprint density at radius 3 is 1.87 bits per heavy atom. The lowest BCUT2D eigenvalue weighted by atomic mass is 9.86. The summed E-state index contributed by atoms with van der Waals surface area (Å²) in [5.41, 5.74) is 6.21. The maximum atomic E-state index is 3.38. The third kappa shape index (κ3) is 4.86. The molecule has 0 radical (unpaired) electrons. The first kappa shape index (κ1) is 17.6. The van der Waals surface area contributed by atoms with Crippen LogP contribution in [-0.2, 0) is 17.3 Å². The van der Waals surface area contributed by atoms with Gasteiger partial charge in [0.1, 0.15) is 0 Å². The summed E-state index contributed by atoms with van der Waals surface area (Å²) in [6.07, 6.45) is 1.18. The molecule has 0 saturated heterocycles. The zero-order valence-corrected chi connectivity index (χ0v) is 15.5. The van der Waals surface area contributed by atoms with E-state index in [4.69, 9.17) is 0 Å². The van der Waals surface area contributed by atoms with Crippen molar-refractivity contribution < 1.29 is 0 Å². The van der Waals surface area contributed by atoms with E-state index in [0.717, 1.165) is 6.54 Å². The fourth-order valence-electron chi connectivity index (χ4n) is 2.71. The van der Waals surface area contributed by atoms with Gasteiger partial charge in [0.15, 0.2) is 0 Å². The third-order valence-electron chi connectivity index (χ3n) is 4.32. The molecule has 0 aromatic heterocycles. The van der Waals surface area contributed by atoms with Crippen LogP contribution in [0.1, 0.15) is 58.2 Å². The van der Waals surface area contributed by atoms with Gasteiger partial charge in [-0.2, -0.15) is 0 Å². The lowest BCUT2D eigenvalue weighted by molar-refractivity contribution is 0.589. The fourth-order valence-corrected chi connectivity index (χ4v) is 2.71. The lowest BCUT2D eigenvalue weighted by Crippen LogP contribution is -2.10. The zero-order chi connectivity index (χ0) is 17.1. The van der Waals surface area contributed by atoms with E-state index in [-0.39, 0.29) is 5.41 Å². The van der Waals surface area contributed by atoms with Crippen LogP contribution in [0.2, 0.25) is 0 Å². The van der Waals surface area contributed by atoms with Crippen molar-refractivity contribution in [2.75, 3.05) is 11.9 Å². The quantitative estimate of drug-likeness (QED) is 0.635. The average Bonchev–Trinajstić information content (AvgIpc) is 2.94. The van der Waals surface area contributed by atoms with Gasteiger partial charge in [-0.25, -0.2) is 0 Å². The van der Waals surface area contributed by atoms with Gasteiger partial charge in [0.05, 0.1) is 0 Å². The zero-order valence-electron chi connectivity index (χ0n) is 15.5. The van der Waals surface area contributed by atoms with Crippen molar-refractivity contribution in [2.45, 2.75) is 58.8 Å². The number of hydrogen-bond acceptors (Lipinski definition) is 1. The van der Waals surface area contributed by atoms with Crippen LogP contribution in [0.5, 0.6) is 0 Å². The van der Waals surface area contributed by atoms with Gasteiger partial charge in [-0.1, -0.05) is 84.0 Å². The molecule has 1 aliphatic rings. The van der Waals surface area contributed by atoms with Crippen LogP contribution < -0.4 is 5.32 Å². The summed E-state index contributed by atoms with van der Waals surface area (Å²) in [4.78, 5) is 0. The smallest absolute Gasteiger partial charge is 0.0373 e. The molecule has 0 bridgehead atoms. The average molecular weight is 309 g/mol. The number of rotatable bonds is 0. The minimum Gasteiger partial charge on any atom is -0.384 e. The first-order chi connectivity index (χ1) is 10.7. The third-order valence-corrected chi connectivity index (χ3v) is 4.32. The highest BCUT2D eigenvalue weighted by atomic mass is 14.9. The summed E-state index contributed by atoms with van der Waals surface area (Å²) >= 11 is 0. The summed E-state index contributed by atoms with van der Waals surface area (Å²) in [5.74, 6) is 0. The number of nitrogens with one attached hydrogen (secondary N) is 1. The van der Waals surface area contributed by atoms with E-state index in [9.17, 15) is 0 Å². The number of anilines is 1. The van der Waals surface area contributed by atoms with Gasteiger partial charge in [-0.3, -0.25) is 0 Å². The molecular weight excluding hydrogens is 278 g/mol. The summed E-state index contributed by atoms with van der Waals surface area (Å²) < 4.78 is 0. The topological polar surface area (TPSA) is 12.0 Å². The highest BCUT2D eigenvalue weighted by Gasteiger charge is 2.17. The first-order valence-electron chi connectivity index (χ1n) is 8.61. The van der Waals surface area contributed by atoms with Crippen molar-refractivity contribution in [3.05, 3.63) is 65.2 Å². The maximum absolute atomic E-state index is 3.38. The van der Waals surface area contributed by atoms with Crippen LogP contribution in [0.25, 0.3) is 0 Å². The Bertz CT molecular complexity index is 627. The Balaban J connectivity index is 0.000000174. The SMILES string of the molecule is CC(C)(C)c1ccc2c(c1)CCN2.CC(C)(C)c1ccccc1. The van der Waals surface area contributed by atoms with Gasteiger partial charge in [-0.05, 0) is 40.0 Å². The monoisotopic (exact) mass is 309 g/mol. The summed E-state index contributed by atoms with van der Waals surface area (Å²) in [6.45, 7) is 14.6. The van der Waals surface area contributed by atoms with Crippen molar-refractivity contribution in [3.63, 3.8) is 0 Å². The van der Waals surface area contributed by atoms with Gasteiger partial charge in [0.2, 0.25) is 0 Å². The molecule has 0 spiro atoms. The van der Waals surface area contributed by atoms with Gasteiger partial charge in [0, 0.05) is 12.2 Å². The minimum absolute atomic E-state index is 0.275. The predicted molar refractivity (Wildman–Crippen MR) is 102 cm³/mol. The number of hydrogen-bond donors (Lipinski definition) is 1. The summed E-state index contributed by atoms with van der Waals surface area (Å²) in [6, 6.07) is 17.3. The van der Waals surface area contributed by atoms with Crippen molar-refractivity contribution in [2.24, 2.45) is 0 Å². The van der Waals surface area contributed by atoms with Gasteiger partial charge in [0.25, 0.3) is 0 Å². The molecule has 124 valence electrons. The molecule has 2 aromatic carbocycles. The standard InChI is InChI=1S/C12H17N.C10H14/c1-12(2,3)10-4-5-11-9(8-10)6-7-13-11;1-10(2,3)9-7-5-4-6-8-9/h4-5,8,13H,6-7H2,1-3H3;4-8H,1-3H3. The van der Waals surface area contributed by atoms with Crippen LogP contribution in [0.15, 0.2) is 48.5 Å². The van der Waals surface area contributed by atoms with E-state index in [1.54, 1.807) is 0 Å². The molecule has 3 rings (SSSR count). The van der Waals surface area contributed by atoms with E-state index < -0.39 is 0 Å². The van der Waals surface area contributed by atoms with E-state index >= 15 is 0 Å². The van der Waals surface area contributed by atoms with Gasteiger partial charge in [-0.15, -0.1) is 0 Å². The van der Waals surface area contributed by atoms with Gasteiger partial charge < -0.3 is 5.32 Å². The van der Waals surface area contributed by atoms with E-state index in [0.29, 0.717) is 5.41 Å².